The van der Waals surface area contributed by atoms with Crippen LogP contribution in [0.5, 0.6) is 0 Å². The maximum Gasteiger partial charge on any atom is 0.495 e. The Hall–Kier alpha value is -0.385. The molecule has 2 heterocycles. The molecule has 0 saturated carbocycles. The van der Waals surface area contributed by atoms with Gasteiger partial charge >= 0.3 is 7.12 Å². The Morgan fingerprint density at radius 3 is 2.16 bits per heavy atom. The number of rotatable bonds is 2. The fourth-order valence-corrected chi connectivity index (χ4v) is 2.46. The number of halogens is 1. The highest BCUT2D eigenvalue weighted by Crippen LogP contribution is 2.37. The second-order valence-electron chi connectivity index (χ2n) is 6.38. The van der Waals surface area contributed by atoms with Crippen molar-refractivity contribution in [3.05, 3.63) is 22.4 Å². The van der Waals surface area contributed by atoms with Crippen molar-refractivity contribution in [2.45, 2.75) is 58.7 Å². The Kier molecular flexibility index (Phi) is 3.84. The summed E-state index contributed by atoms with van der Waals surface area (Å²) in [7, 11) is -0.332. The van der Waals surface area contributed by atoms with Gasteiger partial charge in [0.1, 0.15) is 4.60 Å². The van der Waals surface area contributed by atoms with Crippen molar-refractivity contribution >= 4 is 28.5 Å². The first-order valence-electron chi connectivity index (χ1n) is 6.65. The van der Waals surface area contributed by atoms with Crippen LogP contribution >= 0.6 is 15.9 Å². The van der Waals surface area contributed by atoms with E-state index in [4.69, 9.17) is 9.31 Å². The van der Waals surface area contributed by atoms with Crippen LogP contribution in [0.4, 0.5) is 0 Å². The second kappa shape index (κ2) is 4.87. The summed E-state index contributed by atoms with van der Waals surface area (Å²) < 4.78 is 13.1. The van der Waals surface area contributed by atoms with E-state index in [2.05, 4.69) is 62.5 Å². The minimum atomic E-state index is -0.332. The highest BCUT2D eigenvalue weighted by Gasteiger charge is 2.52. The van der Waals surface area contributed by atoms with Gasteiger partial charge in [0.25, 0.3) is 0 Å². The van der Waals surface area contributed by atoms with Gasteiger partial charge in [-0.05, 0) is 66.6 Å². The molecule has 5 heteroatoms. The van der Waals surface area contributed by atoms with E-state index in [9.17, 15) is 0 Å². The third-order valence-corrected chi connectivity index (χ3v) is 4.50. The molecule has 0 aliphatic carbocycles. The summed E-state index contributed by atoms with van der Waals surface area (Å²) >= 11 is 3.43. The van der Waals surface area contributed by atoms with Crippen LogP contribution in [-0.2, 0) is 9.31 Å². The molecule has 3 nitrogen and oxygen atoms in total. The van der Waals surface area contributed by atoms with Gasteiger partial charge in [0.2, 0.25) is 0 Å². The Labute approximate surface area is 124 Å². The van der Waals surface area contributed by atoms with Crippen LogP contribution in [-0.4, -0.2) is 23.3 Å². The van der Waals surface area contributed by atoms with E-state index in [0.717, 1.165) is 10.1 Å². The van der Waals surface area contributed by atoms with E-state index < -0.39 is 0 Å². The third kappa shape index (κ3) is 2.74. The smallest absolute Gasteiger partial charge is 0.399 e. The Morgan fingerprint density at radius 1 is 1.16 bits per heavy atom. The molecular weight excluding hydrogens is 305 g/mol. The maximum atomic E-state index is 6.13. The summed E-state index contributed by atoms with van der Waals surface area (Å²) in [5.74, 6) is 0.384. The first-order chi connectivity index (χ1) is 8.64. The van der Waals surface area contributed by atoms with Crippen LogP contribution in [0, 0.1) is 0 Å². The van der Waals surface area contributed by atoms with E-state index in [1.54, 1.807) is 0 Å². The monoisotopic (exact) mass is 325 g/mol. The maximum absolute atomic E-state index is 6.13. The zero-order valence-electron chi connectivity index (χ0n) is 12.5. The van der Waals surface area contributed by atoms with Crippen LogP contribution in [0.1, 0.15) is 53.0 Å². The second-order valence-corrected chi connectivity index (χ2v) is 7.19. The highest BCUT2D eigenvalue weighted by molar-refractivity contribution is 9.10. The first-order valence-corrected chi connectivity index (χ1v) is 7.44. The summed E-state index contributed by atoms with van der Waals surface area (Å²) in [6.45, 7) is 12.6. The van der Waals surface area contributed by atoms with E-state index in [-0.39, 0.29) is 18.3 Å². The van der Waals surface area contributed by atoms with Crippen molar-refractivity contribution in [2.24, 2.45) is 0 Å². The highest BCUT2D eigenvalue weighted by atomic mass is 79.9. The van der Waals surface area contributed by atoms with Gasteiger partial charge in [0.15, 0.2) is 0 Å². The lowest BCUT2D eigenvalue weighted by Gasteiger charge is -2.32. The standard InChI is InChI=1S/C14H21BBrNO2/c1-9(2)10-8-17-12(16)7-11(10)15-18-13(3,4)14(5,6)19-15/h7-9H,1-6H3. The zero-order chi connectivity index (χ0) is 14.4. The average Bonchev–Trinajstić information content (AvgIpc) is 2.47. The summed E-state index contributed by atoms with van der Waals surface area (Å²) in [6.07, 6.45) is 1.90. The Morgan fingerprint density at radius 2 is 1.68 bits per heavy atom. The summed E-state index contributed by atoms with van der Waals surface area (Å²) in [5, 5.41) is 0. The normalized spacial score (nSPS) is 21.2. The van der Waals surface area contributed by atoms with Gasteiger partial charge in [-0.1, -0.05) is 13.8 Å². The summed E-state index contributed by atoms with van der Waals surface area (Å²) in [4.78, 5) is 4.31. The zero-order valence-corrected chi connectivity index (χ0v) is 14.0. The van der Waals surface area contributed by atoms with Gasteiger partial charge < -0.3 is 9.31 Å². The van der Waals surface area contributed by atoms with Gasteiger partial charge in [0.05, 0.1) is 11.2 Å². The summed E-state index contributed by atoms with van der Waals surface area (Å²) in [6, 6.07) is 2.00. The molecule has 0 amide bonds. The molecule has 1 aromatic heterocycles. The minimum Gasteiger partial charge on any atom is -0.399 e. The molecule has 1 fully saturated rings. The fourth-order valence-electron chi connectivity index (χ4n) is 2.11. The van der Waals surface area contributed by atoms with E-state index in [0.29, 0.717) is 5.92 Å². The molecule has 0 atom stereocenters. The fraction of sp³-hybridized carbons (Fsp3) is 0.643. The van der Waals surface area contributed by atoms with Crippen molar-refractivity contribution < 1.29 is 9.31 Å². The van der Waals surface area contributed by atoms with Gasteiger partial charge in [-0.2, -0.15) is 0 Å². The van der Waals surface area contributed by atoms with Crippen LogP contribution < -0.4 is 5.46 Å². The van der Waals surface area contributed by atoms with Crippen molar-refractivity contribution in [1.82, 2.24) is 4.98 Å². The molecule has 0 radical (unpaired) electrons. The quantitative estimate of drug-likeness (QED) is 0.617. The molecule has 0 spiro atoms. The van der Waals surface area contributed by atoms with Crippen molar-refractivity contribution in [3.63, 3.8) is 0 Å². The Bertz CT molecular complexity index is 472. The molecule has 2 rings (SSSR count). The number of hydrogen-bond donors (Lipinski definition) is 0. The van der Waals surface area contributed by atoms with Crippen molar-refractivity contribution in [1.29, 1.82) is 0 Å². The van der Waals surface area contributed by atoms with Crippen LogP contribution in [0.25, 0.3) is 0 Å². The van der Waals surface area contributed by atoms with Crippen molar-refractivity contribution in [3.8, 4) is 0 Å². The minimum absolute atomic E-state index is 0.318. The molecule has 0 unspecified atom stereocenters. The van der Waals surface area contributed by atoms with Crippen molar-refractivity contribution in [2.75, 3.05) is 0 Å². The van der Waals surface area contributed by atoms with E-state index in [1.807, 2.05) is 12.3 Å². The molecule has 104 valence electrons. The average molecular weight is 326 g/mol. The number of hydrogen-bond acceptors (Lipinski definition) is 3. The van der Waals surface area contributed by atoms with E-state index >= 15 is 0 Å². The molecule has 1 aliphatic rings. The summed E-state index contributed by atoms with van der Waals surface area (Å²) in [5.41, 5.74) is 1.60. The molecule has 1 saturated heterocycles. The van der Waals surface area contributed by atoms with E-state index in [1.165, 1.54) is 5.56 Å². The SMILES string of the molecule is CC(C)c1cnc(Br)cc1B1OC(C)(C)C(C)(C)O1. The molecule has 0 bridgehead atoms. The number of nitrogens with zero attached hydrogens (tertiary/aromatic N) is 1. The molecule has 19 heavy (non-hydrogen) atoms. The molecule has 0 N–H and O–H groups in total. The third-order valence-electron chi connectivity index (χ3n) is 4.06. The van der Waals surface area contributed by atoms with Crippen LogP contribution in [0.2, 0.25) is 0 Å². The van der Waals surface area contributed by atoms with Gasteiger partial charge in [-0.3, -0.25) is 0 Å². The Balaban J connectivity index is 2.41. The lowest BCUT2D eigenvalue weighted by Crippen LogP contribution is -2.41. The number of aromatic nitrogens is 1. The first kappa shape index (κ1) is 15.0. The van der Waals surface area contributed by atoms with Crippen LogP contribution in [0.15, 0.2) is 16.9 Å². The lowest BCUT2D eigenvalue weighted by molar-refractivity contribution is 0.00578. The molecular formula is C14H21BBrNO2. The largest absolute Gasteiger partial charge is 0.495 e. The van der Waals surface area contributed by atoms with Gasteiger partial charge in [0, 0.05) is 6.20 Å². The van der Waals surface area contributed by atoms with Crippen LogP contribution in [0.3, 0.4) is 0 Å². The molecule has 0 aromatic carbocycles. The predicted octanol–water partition coefficient (Wildman–Crippen LogP) is 3.27. The number of pyridine rings is 1. The van der Waals surface area contributed by atoms with Gasteiger partial charge in [-0.25, -0.2) is 4.98 Å². The topological polar surface area (TPSA) is 31.4 Å². The molecule has 1 aliphatic heterocycles. The molecule has 1 aromatic rings. The van der Waals surface area contributed by atoms with Gasteiger partial charge in [-0.15, -0.1) is 0 Å². The lowest BCUT2D eigenvalue weighted by atomic mass is 9.74. The predicted molar refractivity (Wildman–Crippen MR) is 81.7 cm³/mol.